The quantitative estimate of drug-likeness (QED) is 0.290. The molecule has 1 atom stereocenters. The molecule has 1 aliphatic heterocycles. The first kappa shape index (κ1) is 20.3. The molecule has 1 rings (SSSR count). The number of hydrogen-bond donors (Lipinski definition) is 2. The minimum atomic E-state index is 0. The highest BCUT2D eigenvalue weighted by Crippen LogP contribution is 2.16. The third-order valence-electron chi connectivity index (χ3n) is 3.68. The Balaban J connectivity index is 0.00000361. The van der Waals surface area contributed by atoms with Crippen molar-refractivity contribution in [2.75, 3.05) is 45.2 Å². The lowest BCUT2D eigenvalue weighted by Gasteiger charge is -2.31. The average Bonchev–Trinajstić information content (AvgIpc) is 2.90. The van der Waals surface area contributed by atoms with Crippen molar-refractivity contribution in [1.82, 2.24) is 15.5 Å². The van der Waals surface area contributed by atoms with Crippen molar-refractivity contribution < 1.29 is 0 Å². The molecule has 0 aromatic rings. The molecule has 1 aliphatic rings. The summed E-state index contributed by atoms with van der Waals surface area (Å²) in [4.78, 5) is 6.90. The second kappa shape index (κ2) is 11.9. The van der Waals surface area contributed by atoms with Gasteiger partial charge in [0.15, 0.2) is 5.96 Å². The molecule has 1 saturated heterocycles. The van der Waals surface area contributed by atoms with E-state index in [-0.39, 0.29) is 24.0 Å². The van der Waals surface area contributed by atoms with Crippen molar-refractivity contribution in [3.8, 4) is 0 Å². The minimum absolute atomic E-state index is 0. The maximum absolute atomic E-state index is 4.28. The van der Waals surface area contributed by atoms with Gasteiger partial charge in [-0.2, -0.15) is 11.8 Å². The molecule has 20 heavy (non-hydrogen) atoms. The Labute approximate surface area is 145 Å². The first-order valence-corrected chi connectivity index (χ1v) is 8.76. The Hall–Kier alpha value is 0.310. The number of hydrogen-bond acceptors (Lipinski definition) is 3. The maximum Gasteiger partial charge on any atom is 0.191 e. The van der Waals surface area contributed by atoms with Crippen molar-refractivity contribution in [2.24, 2.45) is 10.9 Å². The van der Waals surface area contributed by atoms with Crippen molar-refractivity contribution in [2.45, 2.75) is 32.7 Å². The van der Waals surface area contributed by atoms with Crippen molar-refractivity contribution in [3.05, 3.63) is 0 Å². The summed E-state index contributed by atoms with van der Waals surface area (Å²) in [5.74, 6) is 2.72. The lowest BCUT2D eigenvalue weighted by Crippen LogP contribution is -2.48. The molecule has 1 fully saturated rings. The van der Waals surface area contributed by atoms with Gasteiger partial charge < -0.3 is 10.6 Å². The summed E-state index contributed by atoms with van der Waals surface area (Å²) in [6, 6.07) is 0.613. The number of aliphatic imine (C=N–C) groups is 1. The highest BCUT2D eigenvalue weighted by atomic mass is 127. The first-order chi connectivity index (χ1) is 9.19. The average molecular weight is 414 g/mol. The van der Waals surface area contributed by atoms with Gasteiger partial charge in [-0.1, -0.05) is 13.8 Å². The van der Waals surface area contributed by atoms with Crippen molar-refractivity contribution >= 4 is 41.7 Å². The van der Waals surface area contributed by atoms with E-state index in [1.165, 1.54) is 25.9 Å². The van der Waals surface area contributed by atoms with Gasteiger partial charge in [0.05, 0.1) is 0 Å². The Morgan fingerprint density at radius 1 is 1.25 bits per heavy atom. The number of nitrogens with zero attached hydrogens (tertiary/aromatic N) is 2. The number of thioether (sulfide) groups is 1. The molecule has 0 aliphatic carbocycles. The molecular formula is C14H31IN4S. The monoisotopic (exact) mass is 414 g/mol. The zero-order chi connectivity index (χ0) is 14.1. The van der Waals surface area contributed by atoms with Gasteiger partial charge in [0.25, 0.3) is 0 Å². The smallest absolute Gasteiger partial charge is 0.191 e. The van der Waals surface area contributed by atoms with Crippen LogP contribution in [0.5, 0.6) is 0 Å². The molecule has 0 spiro atoms. The standard InChI is InChI=1S/C14H30N4S.HI/c1-12(2)13(18-8-5-6-9-18)11-17-14(15-3)16-7-10-19-4;/h12-13H,5-11H2,1-4H3,(H2,15,16,17);1H. The molecule has 2 N–H and O–H groups in total. The molecule has 1 unspecified atom stereocenters. The highest BCUT2D eigenvalue weighted by Gasteiger charge is 2.24. The van der Waals surface area contributed by atoms with E-state index in [9.17, 15) is 0 Å². The first-order valence-electron chi connectivity index (χ1n) is 7.36. The van der Waals surface area contributed by atoms with E-state index in [1.807, 2.05) is 18.8 Å². The largest absolute Gasteiger partial charge is 0.356 e. The number of nitrogens with one attached hydrogen (secondary N) is 2. The van der Waals surface area contributed by atoms with Gasteiger partial charge in [0.1, 0.15) is 0 Å². The van der Waals surface area contributed by atoms with Crippen LogP contribution in [0, 0.1) is 5.92 Å². The summed E-state index contributed by atoms with van der Waals surface area (Å²) < 4.78 is 0. The lowest BCUT2D eigenvalue weighted by atomic mass is 10.0. The molecule has 0 bridgehead atoms. The number of likely N-dealkylation sites (tertiary alicyclic amines) is 1. The predicted molar refractivity (Wildman–Crippen MR) is 103 cm³/mol. The Bertz CT molecular complexity index is 268. The van der Waals surface area contributed by atoms with Gasteiger partial charge in [-0.05, 0) is 38.1 Å². The minimum Gasteiger partial charge on any atom is -0.356 e. The Kier molecular flexibility index (Phi) is 12.1. The Morgan fingerprint density at radius 2 is 1.90 bits per heavy atom. The van der Waals surface area contributed by atoms with E-state index in [4.69, 9.17) is 0 Å². The van der Waals surface area contributed by atoms with Crippen LogP contribution in [0.1, 0.15) is 26.7 Å². The van der Waals surface area contributed by atoms with Gasteiger partial charge in [-0.15, -0.1) is 24.0 Å². The van der Waals surface area contributed by atoms with Crippen LogP contribution >= 0.6 is 35.7 Å². The second-order valence-corrected chi connectivity index (χ2v) is 6.41. The van der Waals surface area contributed by atoms with E-state index >= 15 is 0 Å². The normalized spacial score (nSPS) is 17.9. The van der Waals surface area contributed by atoms with Gasteiger partial charge >= 0.3 is 0 Å². The van der Waals surface area contributed by atoms with E-state index in [0.717, 1.165) is 24.8 Å². The van der Waals surface area contributed by atoms with Crippen LogP contribution < -0.4 is 10.6 Å². The fourth-order valence-corrected chi connectivity index (χ4v) is 2.86. The van der Waals surface area contributed by atoms with Gasteiger partial charge in [-0.3, -0.25) is 9.89 Å². The van der Waals surface area contributed by atoms with Crippen LogP contribution in [0.25, 0.3) is 0 Å². The maximum atomic E-state index is 4.28. The zero-order valence-electron chi connectivity index (χ0n) is 13.3. The van der Waals surface area contributed by atoms with Crippen LogP contribution in [0.15, 0.2) is 4.99 Å². The van der Waals surface area contributed by atoms with Crippen molar-refractivity contribution in [3.63, 3.8) is 0 Å². The van der Waals surface area contributed by atoms with Crippen molar-refractivity contribution in [1.29, 1.82) is 0 Å². The van der Waals surface area contributed by atoms with Crippen LogP contribution in [-0.2, 0) is 0 Å². The fraction of sp³-hybridized carbons (Fsp3) is 0.929. The molecule has 0 aromatic carbocycles. The predicted octanol–water partition coefficient (Wildman–Crippen LogP) is 2.25. The fourth-order valence-electron chi connectivity index (χ4n) is 2.55. The summed E-state index contributed by atoms with van der Waals surface area (Å²) >= 11 is 1.85. The third-order valence-corrected chi connectivity index (χ3v) is 4.29. The summed E-state index contributed by atoms with van der Waals surface area (Å²) in [5, 5.41) is 6.83. The molecule has 0 saturated carbocycles. The van der Waals surface area contributed by atoms with Gasteiger partial charge in [0.2, 0.25) is 0 Å². The topological polar surface area (TPSA) is 39.7 Å². The van der Waals surface area contributed by atoms with Crippen LogP contribution in [-0.4, -0.2) is 62.1 Å². The number of halogens is 1. The molecule has 0 aromatic heterocycles. The van der Waals surface area contributed by atoms with Gasteiger partial charge in [0, 0.05) is 31.9 Å². The highest BCUT2D eigenvalue weighted by molar-refractivity contribution is 14.0. The summed E-state index contributed by atoms with van der Waals surface area (Å²) in [6.45, 7) is 9.09. The van der Waals surface area contributed by atoms with Crippen LogP contribution in [0.2, 0.25) is 0 Å². The molecule has 120 valence electrons. The summed E-state index contributed by atoms with van der Waals surface area (Å²) in [6.07, 6.45) is 4.83. The third kappa shape index (κ3) is 7.36. The SMILES string of the molecule is CN=C(NCCSC)NCC(C(C)C)N1CCCC1.I. The van der Waals surface area contributed by atoms with E-state index in [0.29, 0.717) is 12.0 Å². The van der Waals surface area contributed by atoms with E-state index in [1.54, 1.807) is 0 Å². The van der Waals surface area contributed by atoms with E-state index in [2.05, 4.69) is 40.6 Å². The molecule has 1 heterocycles. The molecule has 0 radical (unpaired) electrons. The summed E-state index contributed by atoms with van der Waals surface area (Å²) in [7, 11) is 1.84. The van der Waals surface area contributed by atoms with E-state index < -0.39 is 0 Å². The van der Waals surface area contributed by atoms with Crippen LogP contribution in [0.4, 0.5) is 0 Å². The number of rotatable bonds is 7. The Morgan fingerprint density at radius 3 is 2.40 bits per heavy atom. The lowest BCUT2D eigenvalue weighted by molar-refractivity contribution is 0.192. The van der Waals surface area contributed by atoms with Crippen LogP contribution in [0.3, 0.4) is 0 Å². The molecular weight excluding hydrogens is 383 g/mol. The summed E-state index contributed by atoms with van der Waals surface area (Å²) in [5.41, 5.74) is 0. The molecule has 4 nitrogen and oxygen atoms in total. The molecule has 0 amide bonds. The number of guanidine groups is 1. The second-order valence-electron chi connectivity index (χ2n) is 5.43. The molecule has 6 heteroatoms. The zero-order valence-corrected chi connectivity index (χ0v) is 16.5. The van der Waals surface area contributed by atoms with Gasteiger partial charge in [-0.25, -0.2) is 0 Å².